The van der Waals surface area contributed by atoms with E-state index in [-0.39, 0.29) is 23.9 Å². The average molecular weight is 554 g/mol. The summed E-state index contributed by atoms with van der Waals surface area (Å²) in [5.74, 6) is 1.16. The third kappa shape index (κ3) is 6.72. The first-order valence-corrected chi connectivity index (χ1v) is 13.1. The van der Waals surface area contributed by atoms with E-state index in [1.807, 2.05) is 67.5 Å². The minimum Gasteiger partial charge on any atom is -0.362 e. The highest BCUT2D eigenvalue weighted by Crippen LogP contribution is 2.26. The van der Waals surface area contributed by atoms with Gasteiger partial charge in [0.15, 0.2) is 0 Å². The molecule has 4 rings (SSSR count). The maximum Gasteiger partial charge on any atom is 0.243 e. The zero-order chi connectivity index (χ0) is 25.7. The molecule has 9 heteroatoms. The minimum atomic E-state index is -0.602. The molecule has 1 aliphatic carbocycles. The first-order chi connectivity index (χ1) is 17.3. The number of rotatable bonds is 8. The van der Waals surface area contributed by atoms with Gasteiger partial charge in [-0.15, -0.1) is 0 Å². The largest absolute Gasteiger partial charge is 0.362 e. The first kappa shape index (κ1) is 25.9. The number of fused-ring (bicyclic) bond motifs is 1. The highest BCUT2D eigenvalue weighted by atomic mass is 79.9. The average Bonchev–Trinajstić information content (AvgIpc) is 2.85. The van der Waals surface area contributed by atoms with Gasteiger partial charge in [0.05, 0.1) is 5.52 Å². The van der Waals surface area contributed by atoms with Crippen LogP contribution in [0.1, 0.15) is 38.2 Å². The lowest BCUT2D eigenvalue weighted by molar-refractivity contribution is -0.128. The molecule has 1 heterocycles. The minimum absolute atomic E-state index is 0.0755. The first-order valence-electron chi connectivity index (χ1n) is 12.3. The lowest BCUT2D eigenvalue weighted by atomic mass is 9.91. The maximum absolute atomic E-state index is 13.0. The fraction of sp³-hybridized carbons (Fsp3) is 0.407. The van der Waals surface area contributed by atoms with Gasteiger partial charge in [-0.1, -0.05) is 40.2 Å². The smallest absolute Gasteiger partial charge is 0.243 e. The third-order valence-electron chi connectivity index (χ3n) is 6.46. The second-order valence-electron chi connectivity index (χ2n) is 9.57. The summed E-state index contributed by atoms with van der Waals surface area (Å²) in [5.41, 5.74) is 1.90. The quantitative estimate of drug-likeness (QED) is 0.390. The van der Waals surface area contributed by atoms with Gasteiger partial charge in [0.25, 0.3) is 0 Å². The maximum atomic E-state index is 13.0. The van der Waals surface area contributed by atoms with Crippen LogP contribution in [0, 0.1) is 0 Å². The van der Waals surface area contributed by atoms with E-state index in [0.717, 1.165) is 52.4 Å². The monoisotopic (exact) mass is 552 g/mol. The number of carbonyl (C=O) groups excluding carboxylic acids is 2. The Hall–Kier alpha value is -3.20. The molecule has 1 aromatic heterocycles. The molecule has 1 unspecified atom stereocenters. The molecular weight excluding hydrogens is 520 g/mol. The molecule has 3 N–H and O–H groups in total. The van der Waals surface area contributed by atoms with Gasteiger partial charge in [0.2, 0.25) is 17.8 Å². The van der Waals surface area contributed by atoms with Crippen molar-refractivity contribution >= 4 is 50.4 Å². The Labute approximate surface area is 220 Å². The van der Waals surface area contributed by atoms with Crippen molar-refractivity contribution < 1.29 is 9.59 Å². The SMILES string of the molecule is CC(=O)NC(Cc1ccc(Br)cc1)C(=O)N[C@H]1CC[C@@H](Nc2nc(N(C)C)c3ccccc3n2)CC1. The lowest BCUT2D eigenvalue weighted by Gasteiger charge is -2.31. The van der Waals surface area contributed by atoms with Crippen molar-refractivity contribution in [1.29, 1.82) is 0 Å². The number of para-hydroxylation sites is 1. The zero-order valence-electron chi connectivity index (χ0n) is 20.9. The molecule has 0 radical (unpaired) electrons. The molecule has 1 aliphatic rings. The Balaban J connectivity index is 1.34. The highest BCUT2D eigenvalue weighted by molar-refractivity contribution is 9.10. The van der Waals surface area contributed by atoms with E-state index in [2.05, 4.69) is 31.9 Å². The van der Waals surface area contributed by atoms with Crippen molar-refractivity contribution in [2.24, 2.45) is 0 Å². The summed E-state index contributed by atoms with van der Waals surface area (Å²) < 4.78 is 0.976. The molecule has 1 fully saturated rings. The molecule has 0 saturated heterocycles. The summed E-state index contributed by atoms with van der Waals surface area (Å²) in [7, 11) is 3.97. The summed E-state index contributed by atoms with van der Waals surface area (Å²) in [6.07, 6.45) is 3.94. The summed E-state index contributed by atoms with van der Waals surface area (Å²) in [6, 6.07) is 15.5. The number of nitrogens with zero attached hydrogens (tertiary/aromatic N) is 3. The zero-order valence-corrected chi connectivity index (χ0v) is 22.5. The van der Waals surface area contributed by atoms with Crippen molar-refractivity contribution in [3.8, 4) is 0 Å². The number of aromatic nitrogens is 2. The van der Waals surface area contributed by atoms with Crippen molar-refractivity contribution in [3.05, 3.63) is 58.6 Å². The third-order valence-corrected chi connectivity index (χ3v) is 6.99. The van der Waals surface area contributed by atoms with Gasteiger partial charge in [-0.05, 0) is 55.5 Å². The fourth-order valence-corrected chi connectivity index (χ4v) is 4.91. The standard InChI is InChI=1S/C27H33BrN6O2/c1-17(35)29-24(16-18-8-10-19(28)11-9-18)26(36)30-20-12-14-21(15-13-20)31-27-32-23-7-5-4-6-22(23)25(33-27)34(2)3/h4-11,20-21,24H,12-16H2,1-3H3,(H,29,35)(H,30,36)(H,31,32,33)/t20-,21+,24?. The van der Waals surface area contributed by atoms with E-state index >= 15 is 0 Å². The van der Waals surface area contributed by atoms with Crippen molar-refractivity contribution in [2.45, 2.75) is 57.2 Å². The Kier molecular flexibility index (Phi) is 8.40. The molecule has 1 saturated carbocycles. The van der Waals surface area contributed by atoms with Crippen LogP contribution in [-0.4, -0.2) is 54.0 Å². The van der Waals surface area contributed by atoms with Crippen LogP contribution in [0.15, 0.2) is 53.0 Å². The molecule has 2 aromatic carbocycles. The van der Waals surface area contributed by atoms with E-state index in [0.29, 0.717) is 12.4 Å². The van der Waals surface area contributed by atoms with Gasteiger partial charge in [0, 0.05) is 49.4 Å². The summed E-state index contributed by atoms with van der Waals surface area (Å²) in [4.78, 5) is 36.2. The van der Waals surface area contributed by atoms with Crippen LogP contribution in [0.2, 0.25) is 0 Å². The Morgan fingerprint density at radius 2 is 1.67 bits per heavy atom. The molecule has 3 aromatic rings. The Morgan fingerprint density at radius 1 is 1.00 bits per heavy atom. The van der Waals surface area contributed by atoms with Crippen molar-refractivity contribution in [3.63, 3.8) is 0 Å². The summed E-state index contributed by atoms with van der Waals surface area (Å²) >= 11 is 3.43. The van der Waals surface area contributed by atoms with Gasteiger partial charge >= 0.3 is 0 Å². The van der Waals surface area contributed by atoms with Crippen LogP contribution in [-0.2, 0) is 16.0 Å². The molecule has 190 valence electrons. The predicted molar refractivity (Wildman–Crippen MR) is 147 cm³/mol. The van der Waals surface area contributed by atoms with Gasteiger partial charge in [0.1, 0.15) is 11.9 Å². The van der Waals surface area contributed by atoms with E-state index in [1.54, 1.807) is 0 Å². The molecular formula is C27H33BrN6O2. The van der Waals surface area contributed by atoms with Crippen LogP contribution in [0.3, 0.4) is 0 Å². The normalized spacial score (nSPS) is 18.3. The van der Waals surface area contributed by atoms with Crippen LogP contribution in [0.25, 0.3) is 10.9 Å². The van der Waals surface area contributed by atoms with Gasteiger partial charge in [-0.25, -0.2) is 4.98 Å². The fourth-order valence-electron chi connectivity index (χ4n) is 4.64. The second kappa shape index (κ2) is 11.7. The van der Waals surface area contributed by atoms with E-state index in [4.69, 9.17) is 9.97 Å². The molecule has 8 nitrogen and oxygen atoms in total. The number of amides is 2. The number of anilines is 2. The number of hydrogen-bond donors (Lipinski definition) is 3. The van der Waals surface area contributed by atoms with Crippen molar-refractivity contribution in [1.82, 2.24) is 20.6 Å². The topological polar surface area (TPSA) is 99.2 Å². The highest BCUT2D eigenvalue weighted by Gasteiger charge is 2.27. The summed E-state index contributed by atoms with van der Waals surface area (Å²) in [5, 5.41) is 10.5. The summed E-state index contributed by atoms with van der Waals surface area (Å²) in [6.45, 7) is 1.44. The van der Waals surface area contributed by atoms with Crippen molar-refractivity contribution in [2.75, 3.05) is 24.3 Å². The Morgan fingerprint density at radius 3 is 2.33 bits per heavy atom. The molecule has 36 heavy (non-hydrogen) atoms. The molecule has 0 spiro atoms. The number of nitrogens with one attached hydrogen (secondary N) is 3. The van der Waals surface area contributed by atoms with E-state index in [1.165, 1.54) is 6.92 Å². The number of hydrogen-bond acceptors (Lipinski definition) is 6. The van der Waals surface area contributed by atoms with Crippen LogP contribution in [0.5, 0.6) is 0 Å². The van der Waals surface area contributed by atoms with Crippen LogP contribution in [0.4, 0.5) is 11.8 Å². The van der Waals surface area contributed by atoms with Gasteiger partial charge in [-0.2, -0.15) is 4.98 Å². The molecule has 0 aliphatic heterocycles. The van der Waals surface area contributed by atoms with Gasteiger partial charge < -0.3 is 20.9 Å². The molecule has 1 atom stereocenters. The molecule has 0 bridgehead atoms. The Bertz CT molecular complexity index is 1210. The van der Waals surface area contributed by atoms with E-state index in [9.17, 15) is 9.59 Å². The van der Waals surface area contributed by atoms with Crippen LogP contribution >= 0.6 is 15.9 Å². The number of carbonyl (C=O) groups is 2. The lowest BCUT2D eigenvalue weighted by Crippen LogP contribution is -2.51. The predicted octanol–water partition coefficient (Wildman–Crippen LogP) is 4.05. The second-order valence-corrected chi connectivity index (χ2v) is 10.5. The van der Waals surface area contributed by atoms with E-state index < -0.39 is 6.04 Å². The molecule has 2 amide bonds. The van der Waals surface area contributed by atoms with Gasteiger partial charge in [-0.3, -0.25) is 9.59 Å². The number of halogens is 1. The number of benzene rings is 2. The van der Waals surface area contributed by atoms with Crippen LogP contribution < -0.4 is 20.9 Å².